The maximum Gasteiger partial charge on any atom is 0.251 e. The number of rotatable bonds is 5. The number of nitrogens with zero attached hydrogens (tertiary/aromatic N) is 3. The molecule has 172 valence electrons. The Morgan fingerprint density at radius 3 is 2.76 bits per heavy atom. The van der Waals surface area contributed by atoms with Crippen molar-refractivity contribution in [2.45, 2.75) is 19.4 Å². The summed E-state index contributed by atoms with van der Waals surface area (Å²) in [5, 5.41) is 14.5. The number of ether oxygens (including phenoxy) is 1. The van der Waals surface area contributed by atoms with Gasteiger partial charge in [-0.05, 0) is 61.4 Å². The highest BCUT2D eigenvalue weighted by Crippen LogP contribution is 2.33. The molecule has 1 aliphatic rings. The number of aryl methyl sites for hydroxylation is 1. The third-order valence-electron chi connectivity index (χ3n) is 6.13. The van der Waals surface area contributed by atoms with Gasteiger partial charge in [0.25, 0.3) is 5.91 Å². The Kier molecular flexibility index (Phi) is 5.76. The number of anilines is 1. The number of methoxy groups -OCH3 is 1. The number of aromatic hydroxyl groups is 1. The van der Waals surface area contributed by atoms with Crippen molar-refractivity contribution in [1.29, 1.82) is 0 Å². The molecule has 0 aliphatic carbocycles. The molecule has 4 aromatic rings. The van der Waals surface area contributed by atoms with E-state index in [1.54, 1.807) is 31.4 Å². The second kappa shape index (κ2) is 9.02. The summed E-state index contributed by atoms with van der Waals surface area (Å²) >= 11 is 0. The molecule has 7 heteroatoms. The van der Waals surface area contributed by atoms with Gasteiger partial charge in [-0.25, -0.2) is 9.97 Å². The van der Waals surface area contributed by atoms with E-state index in [0.29, 0.717) is 29.2 Å². The van der Waals surface area contributed by atoms with Gasteiger partial charge in [0.15, 0.2) is 5.82 Å². The number of benzene rings is 3. The van der Waals surface area contributed by atoms with Crippen LogP contribution in [0.1, 0.15) is 22.3 Å². The lowest BCUT2D eigenvalue weighted by molar-refractivity contribution is 0.0940. The topological polar surface area (TPSA) is 87.6 Å². The predicted molar refractivity (Wildman–Crippen MR) is 132 cm³/mol. The molecule has 3 aromatic carbocycles. The van der Waals surface area contributed by atoms with Gasteiger partial charge in [-0.1, -0.05) is 24.3 Å². The van der Waals surface area contributed by atoms with Crippen LogP contribution in [-0.4, -0.2) is 47.2 Å². The van der Waals surface area contributed by atoms with Crippen molar-refractivity contribution >= 4 is 22.6 Å². The van der Waals surface area contributed by atoms with Crippen LogP contribution in [0.25, 0.3) is 22.3 Å². The van der Waals surface area contributed by atoms with Crippen molar-refractivity contribution in [2.24, 2.45) is 0 Å². The third-order valence-corrected chi connectivity index (χ3v) is 6.13. The molecule has 2 heterocycles. The van der Waals surface area contributed by atoms with Crippen molar-refractivity contribution in [1.82, 2.24) is 15.3 Å². The molecule has 7 nitrogen and oxygen atoms in total. The highest BCUT2D eigenvalue weighted by atomic mass is 16.5. The van der Waals surface area contributed by atoms with E-state index >= 15 is 0 Å². The van der Waals surface area contributed by atoms with Gasteiger partial charge < -0.3 is 20.1 Å². The Hall–Kier alpha value is -4.13. The van der Waals surface area contributed by atoms with E-state index in [-0.39, 0.29) is 17.7 Å². The van der Waals surface area contributed by atoms with Crippen LogP contribution in [0, 0.1) is 6.92 Å². The second-order valence-corrected chi connectivity index (χ2v) is 8.55. The van der Waals surface area contributed by atoms with Gasteiger partial charge in [-0.15, -0.1) is 0 Å². The molecule has 1 saturated heterocycles. The molecule has 1 atom stereocenters. The number of fused-ring (bicyclic) bond motifs is 1. The standard InChI is InChI=1S/C27H26N4O3/c1-17-10-11-21-23(14-17)29-25(22-8-3-4-9-24(22)32)30-26(21)31-13-12-19(16-31)28-27(33)18-6-5-7-20(15-18)34-2/h3-11,14-15,19,32H,12-13,16H2,1-2H3,(H,28,33). The number of amides is 1. The molecule has 1 amide bonds. The van der Waals surface area contributed by atoms with Gasteiger partial charge in [0.2, 0.25) is 0 Å². The van der Waals surface area contributed by atoms with E-state index in [1.165, 1.54) is 0 Å². The first-order valence-corrected chi connectivity index (χ1v) is 11.3. The number of phenols is 1. The molecule has 2 N–H and O–H groups in total. The number of phenolic OH excluding ortho intramolecular Hbond substituents is 1. The molecule has 1 unspecified atom stereocenters. The molecule has 0 saturated carbocycles. The maximum atomic E-state index is 12.8. The number of carbonyl (C=O) groups is 1. The molecule has 0 bridgehead atoms. The second-order valence-electron chi connectivity index (χ2n) is 8.55. The summed E-state index contributed by atoms with van der Waals surface area (Å²) in [7, 11) is 1.59. The van der Waals surface area contributed by atoms with E-state index in [1.807, 2.05) is 49.4 Å². The molecule has 1 fully saturated rings. The van der Waals surface area contributed by atoms with Crippen molar-refractivity contribution in [3.63, 3.8) is 0 Å². The summed E-state index contributed by atoms with van der Waals surface area (Å²) in [4.78, 5) is 24.6. The number of nitrogens with one attached hydrogen (secondary N) is 1. The largest absolute Gasteiger partial charge is 0.507 e. The molecule has 0 radical (unpaired) electrons. The first-order valence-electron chi connectivity index (χ1n) is 11.3. The van der Waals surface area contributed by atoms with Crippen molar-refractivity contribution in [3.8, 4) is 22.9 Å². The first kappa shape index (κ1) is 21.7. The lowest BCUT2D eigenvalue weighted by atomic mass is 10.1. The van der Waals surface area contributed by atoms with Crippen LogP contribution in [0.2, 0.25) is 0 Å². The van der Waals surface area contributed by atoms with Crippen molar-refractivity contribution in [3.05, 3.63) is 77.9 Å². The zero-order valence-electron chi connectivity index (χ0n) is 19.2. The van der Waals surface area contributed by atoms with Gasteiger partial charge in [0.1, 0.15) is 17.3 Å². The first-order chi connectivity index (χ1) is 16.5. The van der Waals surface area contributed by atoms with Crippen LogP contribution >= 0.6 is 0 Å². The fourth-order valence-corrected chi connectivity index (χ4v) is 4.35. The summed E-state index contributed by atoms with van der Waals surface area (Å²) < 4.78 is 5.23. The summed E-state index contributed by atoms with van der Waals surface area (Å²) in [5.74, 6) is 1.96. The van der Waals surface area contributed by atoms with Crippen molar-refractivity contribution in [2.75, 3.05) is 25.1 Å². The van der Waals surface area contributed by atoms with E-state index < -0.39 is 0 Å². The smallest absolute Gasteiger partial charge is 0.251 e. The van der Waals surface area contributed by atoms with Crippen LogP contribution in [0.15, 0.2) is 66.7 Å². The summed E-state index contributed by atoms with van der Waals surface area (Å²) in [6, 6.07) is 20.3. The molecule has 1 aromatic heterocycles. The highest BCUT2D eigenvalue weighted by molar-refractivity contribution is 5.95. The Labute approximate surface area is 198 Å². The molecule has 0 spiro atoms. The molecule has 1 aliphatic heterocycles. The minimum atomic E-state index is -0.121. The summed E-state index contributed by atoms with van der Waals surface area (Å²) in [5.41, 5.74) is 3.09. The summed E-state index contributed by atoms with van der Waals surface area (Å²) in [6.45, 7) is 3.42. The Morgan fingerprint density at radius 1 is 1.09 bits per heavy atom. The SMILES string of the molecule is COc1cccc(C(=O)NC2CCN(c3nc(-c4ccccc4O)nc4cc(C)ccc34)C2)c1. The Morgan fingerprint density at radius 2 is 1.94 bits per heavy atom. The molecular formula is C27H26N4O3. The van der Waals surface area contributed by atoms with Crippen LogP contribution in [0.4, 0.5) is 5.82 Å². The van der Waals surface area contributed by atoms with E-state index in [4.69, 9.17) is 14.7 Å². The molecular weight excluding hydrogens is 428 g/mol. The third kappa shape index (κ3) is 4.24. The predicted octanol–water partition coefficient (Wildman–Crippen LogP) is 4.33. The number of hydrogen-bond donors (Lipinski definition) is 2. The van der Waals surface area contributed by atoms with E-state index in [9.17, 15) is 9.90 Å². The Balaban J connectivity index is 1.44. The quantitative estimate of drug-likeness (QED) is 0.467. The monoisotopic (exact) mass is 454 g/mol. The lowest BCUT2D eigenvalue weighted by Crippen LogP contribution is -2.37. The molecule has 34 heavy (non-hydrogen) atoms. The van der Waals surface area contributed by atoms with Gasteiger partial charge in [-0.2, -0.15) is 0 Å². The van der Waals surface area contributed by atoms with Crippen LogP contribution in [0.5, 0.6) is 11.5 Å². The van der Waals surface area contributed by atoms with Gasteiger partial charge in [0, 0.05) is 30.1 Å². The fraction of sp³-hybridized carbons (Fsp3) is 0.222. The molecule has 5 rings (SSSR count). The number of hydrogen-bond acceptors (Lipinski definition) is 6. The maximum absolute atomic E-state index is 12.8. The van der Waals surface area contributed by atoms with Gasteiger partial charge in [-0.3, -0.25) is 4.79 Å². The number of para-hydroxylation sites is 1. The lowest BCUT2D eigenvalue weighted by Gasteiger charge is -2.21. The van der Waals surface area contributed by atoms with E-state index in [0.717, 1.165) is 35.2 Å². The number of carbonyl (C=O) groups excluding carboxylic acids is 1. The highest BCUT2D eigenvalue weighted by Gasteiger charge is 2.27. The van der Waals surface area contributed by atoms with Crippen LogP contribution in [-0.2, 0) is 0 Å². The van der Waals surface area contributed by atoms with Crippen LogP contribution < -0.4 is 15.0 Å². The minimum absolute atomic E-state index is 0.0113. The van der Waals surface area contributed by atoms with Crippen LogP contribution in [0.3, 0.4) is 0 Å². The zero-order valence-corrected chi connectivity index (χ0v) is 19.2. The van der Waals surface area contributed by atoms with Gasteiger partial charge in [0.05, 0.1) is 18.2 Å². The Bertz CT molecular complexity index is 1370. The van der Waals surface area contributed by atoms with Crippen molar-refractivity contribution < 1.29 is 14.6 Å². The normalized spacial score (nSPS) is 15.5. The summed E-state index contributed by atoms with van der Waals surface area (Å²) in [6.07, 6.45) is 0.805. The average Bonchev–Trinajstić information content (AvgIpc) is 3.31. The average molecular weight is 455 g/mol. The minimum Gasteiger partial charge on any atom is -0.507 e. The zero-order chi connectivity index (χ0) is 23.7. The van der Waals surface area contributed by atoms with Gasteiger partial charge >= 0.3 is 0 Å². The number of aromatic nitrogens is 2. The van der Waals surface area contributed by atoms with E-state index in [2.05, 4.69) is 10.2 Å². The fourth-order valence-electron chi connectivity index (χ4n) is 4.35.